The van der Waals surface area contributed by atoms with Crippen LogP contribution in [0.2, 0.25) is 0 Å². The quantitative estimate of drug-likeness (QED) is 0.0272. The summed E-state index contributed by atoms with van der Waals surface area (Å²) in [5, 5.41) is 14.7. The van der Waals surface area contributed by atoms with E-state index in [1.165, 1.54) is 328 Å². The second-order valence-electron chi connectivity index (χ2n) is 42.5. The van der Waals surface area contributed by atoms with Gasteiger partial charge in [0.25, 0.3) is 5.91 Å². The Morgan fingerprint density at radius 3 is 0.859 bits per heavy atom. The number of carbonyl (C=O) groups is 5. The molecule has 0 saturated heterocycles. The zero-order chi connectivity index (χ0) is 113. The highest BCUT2D eigenvalue weighted by Gasteiger charge is 2.25. The van der Waals surface area contributed by atoms with Crippen LogP contribution in [0.1, 0.15) is 620 Å². The number of ether oxygens (including phenoxy) is 3. The van der Waals surface area contributed by atoms with Crippen LogP contribution in [0.25, 0.3) is 0 Å². The first kappa shape index (κ1) is 158. The lowest BCUT2D eigenvalue weighted by atomic mass is 9.79. The molecule has 0 spiro atoms. The molecule has 0 bridgehead atoms. The molecule has 0 aliphatic heterocycles. The van der Waals surface area contributed by atoms with Gasteiger partial charge in [0.1, 0.15) is 0 Å². The summed E-state index contributed by atoms with van der Waals surface area (Å²) in [4.78, 5) is 56.6. The Labute approximate surface area is 930 Å². The van der Waals surface area contributed by atoms with Crippen molar-refractivity contribution >= 4 is 29.5 Å². The summed E-state index contributed by atoms with van der Waals surface area (Å²) < 4.78 is 15.6. The van der Waals surface area contributed by atoms with Crippen LogP contribution in [-0.2, 0) is 39.8 Å². The maximum Gasteiger partial charge on any atom is 0.251 e. The number of hydrogen-bond donors (Lipinski definition) is 5. The molecule has 4 aromatic carbocycles. The van der Waals surface area contributed by atoms with E-state index in [1.54, 1.807) is 0 Å². The molecule has 2 aliphatic carbocycles. The van der Waals surface area contributed by atoms with E-state index in [4.69, 9.17) is 14.2 Å². The van der Waals surface area contributed by atoms with Crippen molar-refractivity contribution in [2.75, 3.05) is 72.4 Å². The van der Waals surface area contributed by atoms with Gasteiger partial charge in [0.05, 0.1) is 19.8 Å². The van der Waals surface area contributed by atoms with Crippen molar-refractivity contribution in [3.63, 3.8) is 0 Å². The molecule has 876 valence electrons. The Morgan fingerprint density at radius 2 is 0.557 bits per heavy atom. The molecule has 13 heteroatoms. The first-order valence-electron chi connectivity index (χ1n) is 63.4. The molecule has 149 heavy (non-hydrogen) atoms. The van der Waals surface area contributed by atoms with Gasteiger partial charge in [0.15, 0.2) is 0 Å². The van der Waals surface area contributed by atoms with Crippen molar-refractivity contribution in [2.24, 2.45) is 23.7 Å². The van der Waals surface area contributed by atoms with Gasteiger partial charge in [-0.05, 0) is 189 Å². The lowest BCUT2D eigenvalue weighted by molar-refractivity contribution is -0.126. The summed E-state index contributed by atoms with van der Waals surface area (Å²) >= 11 is 0. The van der Waals surface area contributed by atoms with E-state index in [2.05, 4.69) is 286 Å². The van der Waals surface area contributed by atoms with Gasteiger partial charge < -0.3 is 40.8 Å². The fraction of sp³-hybridized carbons (Fsp3) is 0.787. The van der Waals surface area contributed by atoms with E-state index in [0.29, 0.717) is 56.1 Å². The van der Waals surface area contributed by atoms with E-state index >= 15 is 0 Å². The minimum absolute atomic E-state index is 0.0433. The Morgan fingerprint density at radius 1 is 0.262 bits per heavy atom. The van der Waals surface area contributed by atoms with Gasteiger partial charge in [-0.2, -0.15) is 0 Å². The van der Waals surface area contributed by atoms with E-state index < -0.39 is 0 Å². The fourth-order valence-electron chi connectivity index (χ4n) is 16.1. The predicted octanol–water partition coefficient (Wildman–Crippen LogP) is 40.8. The standard InChI is InChI=1S/C16H25NO.C15H29NO.C12H26.C11H16.C11H22.2C10H21NO.C10H14.C9H19NO2.C8H18O2.C8H10.C7H16.C5H12.C4H10/c1-4-5-6-7-12-17-16(18)15-10-8-14(9-11-15)13(2)3;1-3-5-6-7-12-16-15(17)14-10-8-13(4-2)9-11-14;1-3-5-7-9-11-12-10-8-6-4-2;1-3-4-5-11-8-6-10(2)7-9-11;1-3-5-11-8-6-10(4-2)7-9-11;2*1-3-5-6-7-9-11-10(12)8-4-2;1-8(2)10-6-4-9(3)5-7-10;1-3-5-9(11)10-6-8-12-7-4-2;1-3-5-9-7-8-10-6-4-2;1-7-4-3-5-8(2)6-7;1-3-5-7-6-4-2;1-3-5-4-2;1-3-4-2/h8-11,13H,4-7,12H2,1-3H3,(H,17,18);13-14H,3-12H2,1-2H3,(H,16,17);3-12H2,1-2H3;6-9H,3-5H2,1-2H3;10-11H,3-9H2,1-2H3;2*3-9H2,1-2H3,(H,11,12);4-8H,1-3H3;3-8H2,1-2H3,(H,10,11);3-8H2,1-2H3;3-6H,1-2H3;3-7H2,1-2H3;3-5H2,1-2H3;3-4H2,1-2H3. The van der Waals surface area contributed by atoms with Gasteiger partial charge in [-0.15, -0.1) is 0 Å². The number of unbranched alkanes of at least 4 members (excludes halogenated alkanes) is 29. The Kier molecular flexibility index (Phi) is 141. The first-order chi connectivity index (χ1) is 72.1. The molecule has 0 aromatic heterocycles. The van der Waals surface area contributed by atoms with Gasteiger partial charge in [-0.1, -0.05) is 550 Å². The predicted molar refractivity (Wildman–Crippen MR) is 665 cm³/mol. The lowest BCUT2D eigenvalue weighted by Gasteiger charge is -2.27. The summed E-state index contributed by atoms with van der Waals surface area (Å²) in [6, 6.07) is 33.9. The summed E-state index contributed by atoms with van der Waals surface area (Å²) in [7, 11) is 0. The number of benzene rings is 4. The zero-order valence-electron chi connectivity index (χ0n) is 105. The molecular weight excluding hydrogens is 1830 g/mol. The Bertz CT molecular complexity index is 3120. The van der Waals surface area contributed by atoms with E-state index in [9.17, 15) is 24.0 Å². The van der Waals surface area contributed by atoms with Crippen LogP contribution in [0.3, 0.4) is 0 Å². The molecular formula is C136H259N5O8. The molecule has 2 saturated carbocycles. The third kappa shape index (κ3) is 127. The molecule has 0 heterocycles. The second-order valence-corrected chi connectivity index (χ2v) is 42.5. The molecule has 0 radical (unpaired) electrons. The Balaban J connectivity index is -0.000000242. The molecule has 4 aromatic rings. The van der Waals surface area contributed by atoms with Crippen LogP contribution in [0.5, 0.6) is 0 Å². The normalized spacial score (nSPS) is 13.2. The third-order valence-electron chi connectivity index (χ3n) is 26.4. The molecule has 6 rings (SSSR count). The van der Waals surface area contributed by atoms with Gasteiger partial charge in [-0.25, -0.2) is 0 Å². The number of carbonyl (C=O) groups excluding carboxylic acids is 5. The highest BCUT2D eigenvalue weighted by atomic mass is 16.5. The number of rotatable bonds is 65. The van der Waals surface area contributed by atoms with Crippen molar-refractivity contribution in [3.8, 4) is 0 Å². The van der Waals surface area contributed by atoms with Crippen LogP contribution >= 0.6 is 0 Å². The monoisotopic (exact) mass is 2090 g/mol. The fourth-order valence-corrected chi connectivity index (χ4v) is 16.1. The molecule has 0 atom stereocenters. The topological polar surface area (TPSA) is 173 Å². The zero-order valence-corrected chi connectivity index (χ0v) is 105. The molecule has 13 nitrogen and oxygen atoms in total. The number of nitrogens with one attached hydrogen (secondary N) is 5. The highest BCUT2D eigenvalue weighted by Crippen LogP contribution is 2.33. The van der Waals surface area contributed by atoms with E-state index in [1.807, 2.05) is 45.0 Å². The minimum Gasteiger partial charge on any atom is -0.380 e. The largest absolute Gasteiger partial charge is 0.380 e. The van der Waals surface area contributed by atoms with Gasteiger partial charge in [0, 0.05) is 83.3 Å². The lowest BCUT2D eigenvalue weighted by Crippen LogP contribution is -2.33. The molecule has 2 aliphatic rings. The highest BCUT2D eigenvalue weighted by molar-refractivity contribution is 5.94. The van der Waals surface area contributed by atoms with Crippen LogP contribution in [0.15, 0.2) is 97.1 Å². The van der Waals surface area contributed by atoms with Crippen LogP contribution in [-0.4, -0.2) is 102 Å². The summed E-state index contributed by atoms with van der Waals surface area (Å²) in [5.74, 6) is 5.40. The maximum absolute atomic E-state index is 11.9. The molecule has 2 fully saturated rings. The van der Waals surface area contributed by atoms with E-state index in [-0.39, 0.29) is 23.6 Å². The van der Waals surface area contributed by atoms with Crippen molar-refractivity contribution in [3.05, 3.63) is 142 Å². The maximum atomic E-state index is 11.9. The molecule has 0 unspecified atom stereocenters. The van der Waals surface area contributed by atoms with Crippen LogP contribution < -0.4 is 26.6 Å². The van der Waals surface area contributed by atoms with E-state index in [0.717, 1.165) is 160 Å². The molecule has 5 amide bonds. The first-order valence-corrected chi connectivity index (χ1v) is 63.4. The van der Waals surface area contributed by atoms with Gasteiger partial charge in [-0.3, -0.25) is 24.0 Å². The van der Waals surface area contributed by atoms with Crippen LogP contribution in [0.4, 0.5) is 0 Å². The van der Waals surface area contributed by atoms with Crippen molar-refractivity contribution in [2.45, 2.75) is 605 Å². The van der Waals surface area contributed by atoms with Crippen molar-refractivity contribution in [1.82, 2.24) is 26.6 Å². The number of amides is 5. The number of aryl methyl sites for hydroxylation is 5. The van der Waals surface area contributed by atoms with Crippen LogP contribution in [0, 0.1) is 51.4 Å². The third-order valence-corrected chi connectivity index (χ3v) is 26.4. The summed E-state index contributed by atoms with van der Waals surface area (Å²) in [6.45, 7) is 73.9. The average Bonchev–Trinajstić information content (AvgIpc) is 0.868. The number of hydrogen-bond acceptors (Lipinski definition) is 8. The summed E-state index contributed by atoms with van der Waals surface area (Å²) in [6.07, 6.45) is 75.8. The van der Waals surface area contributed by atoms with Gasteiger partial charge >= 0.3 is 0 Å². The average molecular weight is 2090 g/mol. The summed E-state index contributed by atoms with van der Waals surface area (Å²) in [5.41, 5.74) is 10.3. The smallest absolute Gasteiger partial charge is 0.251 e. The SMILES string of the molecule is CCCC.CCCC1CCC(CC)CC1.CCCCC.CCCCCCC.CCCCCCCCCCCC.CCCCCCNC(=O)C1CCC(CC)CC1.CCCCCCNC(=O)CCC.CCCCCCNC(=O)CCC.CCCCCCNC(=O)c1ccc(C(C)C)cc1.CCCCc1ccc(C)cc1.CCCOCCNC(=O)CCC.CCCOCCOCCC.Cc1ccc(C(C)C)cc1.Cc1cccc(C)c1. The van der Waals surface area contributed by atoms with Crippen molar-refractivity contribution in [1.29, 1.82) is 0 Å². The van der Waals surface area contributed by atoms with Gasteiger partial charge in [0.2, 0.25) is 23.6 Å². The Hall–Kier alpha value is -5.89. The molecule has 5 N–H and O–H groups in total. The van der Waals surface area contributed by atoms with Crippen molar-refractivity contribution < 1.29 is 38.2 Å². The minimum atomic E-state index is 0.0433. The second kappa shape index (κ2) is 133.